The molecule has 0 bridgehead atoms. The van der Waals surface area contributed by atoms with Crippen molar-refractivity contribution >= 4 is 35.1 Å². The third-order valence-electron chi connectivity index (χ3n) is 7.57. The number of nitrogens with zero attached hydrogens (tertiary/aromatic N) is 7. The van der Waals surface area contributed by atoms with Crippen LogP contribution in [-0.4, -0.2) is 74.1 Å². The van der Waals surface area contributed by atoms with Crippen molar-refractivity contribution in [3.8, 4) is 17.1 Å². The maximum atomic E-state index is 15.0. The summed E-state index contributed by atoms with van der Waals surface area (Å²) in [6.07, 6.45) is 7.78. The van der Waals surface area contributed by atoms with E-state index in [1.807, 2.05) is 0 Å². The molecule has 0 aliphatic heterocycles. The normalized spacial score (nSPS) is 10.9. The number of benzene rings is 2. The third kappa shape index (κ3) is 7.59. The maximum Gasteiger partial charge on any atom is 0.337 e. The number of aromatic amines is 1. The molecule has 0 radical (unpaired) electrons. The van der Waals surface area contributed by atoms with Crippen molar-refractivity contribution in [3.05, 3.63) is 125 Å². The second-order valence-corrected chi connectivity index (χ2v) is 10.9. The molecule has 0 saturated heterocycles. The molecule has 0 saturated carbocycles. The predicted octanol–water partition coefficient (Wildman–Crippen LogP) is 4.20. The summed E-state index contributed by atoms with van der Waals surface area (Å²) in [7, 11) is 0. The number of halogens is 2. The van der Waals surface area contributed by atoms with Crippen molar-refractivity contribution in [1.29, 1.82) is 0 Å². The van der Waals surface area contributed by atoms with Gasteiger partial charge >= 0.3 is 11.9 Å². The molecule has 18 heteroatoms. The Labute approximate surface area is 285 Å². The number of carbonyl (C=O) groups excluding carboxylic acids is 2. The van der Waals surface area contributed by atoms with Gasteiger partial charge in [-0.15, -0.1) is 20.4 Å². The van der Waals surface area contributed by atoms with Gasteiger partial charge in [-0.25, -0.2) is 23.4 Å². The third-order valence-corrected chi connectivity index (χ3v) is 7.57. The zero-order chi connectivity index (χ0) is 36.1. The first-order valence-electron chi connectivity index (χ1n) is 15.0. The Kier molecular flexibility index (Phi) is 9.56. The highest BCUT2D eigenvalue weighted by molar-refractivity contribution is 6.07. The summed E-state index contributed by atoms with van der Waals surface area (Å²) in [5.74, 6) is -5.94. The van der Waals surface area contributed by atoms with Gasteiger partial charge in [0.25, 0.3) is 11.8 Å². The lowest BCUT2D eigenvalue weighted by Crippen LogP contribution is -2.18. The van der Waals surface area contributed by atoms with E-state index in [4.69, 9.17) is 0 Å². The highest BCUT2D eigenvalue weighted by Crippen LogP contribution is 2.26. The molecule has 4 heterocycles. The molecule has 2 aromatic carbocycles. The maximum absolute atomic E-state index is 15.0. The molecular weight excluding hydrogens is 670 g/mol. The summed E-state index contributed by atoms with van der Waals surface area (Å²) in [4.78, 5) is 53.5. The van der Waals surface area contributed by atoms with E-state index in [-0.39, 0.29) is 53.2 Å². The van der Waals surface area contributed by atoms with Crippen LogP contribution in [-0.2, 0) is 12.8 Å². The van der Waals surface area contributed by atoms with Crippen LogP contribution in [0.25, 0.3) is 17.1 Å². The molecule has 0 aliphatic rings. The van der Waals surface area contributed by atoms with Gasteiger partial charge < -0.3 is 20.8 Å². The van der Waals surface area contributed by atoms with Gasteiger partial charge in [0.2, 0.25) is 0 Å². The minimum Gasteiger partial charge on any atom is -0.478 e. The Hall–Kier alpha value is -7.24. The second-order valence-electron chi connectivity index (χ2n) is 10.9. The number of aromatic carboxylic acids is 2. The van der Waals surface area contributed by atoms with E-state index in [0.717, 1.165) is 12.1 Å². The number of carboxylic acids is 2. The second kappa shape index (κ2) is 14.5. The lowest BCUT2D eigenvalue weighted by atomic mass is 9.99. The molecule has 0 aliphatic carbocycles. The number of hydrogen-bond donors (Lipinski definition) is 5. The van der Waals surface area contributed by atoms with Gasteiger partial charge in [0, 0.05) is 24.2 Å². The van der Waals surface area contributed by atoms with Crippen LogP contribution in [0.1, 0.15) is 59.2 Å². The van der Waals surface area contributed by atoms with E-state index in [9.17, 15) is 29.4 Å². The SMILES string of the molecule is O=C(Nc1cc(CCCc2cc(NC(=O)c3ccc(-n4ccnc4)nn3)c(C(=O)O)cc2F)c(F)cc1C(=O)O)c1ccc(-c2cn[nH]c2)nn1. The van der Waals surface area contributed by atoms with Crippen LogP contribution in [0, 0.1) is 11.6 Å². The van der Waals surface area contributed by atoms with Gasteiger partial charge in [0.1, 0.15) is 18.0 Å². The monoisotopic (exact) mass is 694 g/mol. The first kappa shape index (κ1) is 33.7. The molecule has 256 valence electrons. The minimum atomic E-state index is -1.49. The van der Waals surface area contributed by atoms with Crippen molar-refractivity contribution in [3.63, 3.8) is 0 Å². The highest BCUT2D eigenvalue weighted by Gasteiger charge is 2.21. The molecule has 6 aromatic rings. The Balaban J connectivity index is 1.16. The molecule has 0 unspecified atom stereocenters. The number of carbonyl (C=O) groups is 4. The average molecular weight is 695 g/mol. The van der Waals surface area contributed by atoms with Crippen LogP contribution < -0.4 is 10.6 Å². The van der Waals surface area contributed by atoms with Gasteiger partial charge in [-0.1, -0.05) is 0 Å². The number of rotatable bonds is 12. The van der Waals surface area contributed by atoms with E-state index in [1.165, 1.54) is 55.1 Å². The quantitative estimate of drug-likeness (QED) is 0.121. The summed E-state index contributed by atoms with van der Waals surface area (Å²) in [6.45, 7) is 0. The summed E-state index contributed by atoms with van der Waals surface area (Å²) < 4.78 is 31.6. The van der Waals surface area contributed by atoms with E-state index < -0.39 is 46.5 Å². The largest absolute Gasteiger partial charge is 0.478 e. The number of amides is 2. The molecule has 2 amide bonds. The predicted molar refractivity (Wildman–Crippen MR) is 173 cm³/mol. The zero-order valence-corrected chi connectivity index (χ0v) is 26.0. The Morgan fingerprint density at radius 3 is 1.80 bits per heavy atom. The Morgan fingerprint density at radius 1 is 0.765 bits per heavy atom. The van der Waals surface area contributed by atoms with Crippen molar-refractivity contribution in [2.45, 2.75) is 19.3 Å². The summed E-state index contributed by atoms with van der Waals surface area (Å²) in [5.41, 5.74) is -0.587. The molecular formula is C33H24F2N10O6. The molecule has 5 N–H and O–H groups in total. The van der Waals surface area contributed by atoms with E-state index in [2.05, 4.69) is 46.2 Å². The number of aromatic nitrogens is 8. The van der Waals surface area contributed by atoms with Crippen molar-refractivity contribution in [1.82, 2.24) is 40.1 Å². The van der Waals surface area contributed by atoms with Gasteiger partial charge in [0.15, 0.2) is 17.2 Å². The number of nitrogens with one attached hydrogen (secondary N) is 3. The van der Waals surface area contributed by atoms with Crippen LogP contribution in [0.3, 0.4) is 0 Å². The molecule has 0 fully saturated rings. The highest BCUT2D eigenvalue weighted by atomic mass is 19.1. The lowest BCUT2D eigenvalue weighted by Gasteiger charge is -2.13. The number of hydrogen-bond acceptors (Lipinski definition) is 10. The molecule has 0 atom stereocenters. The molecule has 4 aromatic heterocycles. The fourth-order valence-electron chi connectivity index (χ4n) is 5.00. The number of H-pyrrole nitrogens is 1. The standard InChI is InChI=1S/C33H24F2N10O6/c34-22-12-20(32(48)49)27(39-30(46)25-5-4-24(41-42-25)19-14-37-38-15-19)10-17(22)2-1-3-18-11-28(21(33(50)51)13-23(18)35)40-31(47)26-6-7-29(44-43-26)45-9-8-36-16-45/h4-16H,1-3H2,(H,37,38)(H,39,46)(H,40,47)(H,48,49)(H,50,51). The van der Waals surface area contributed by atoms with Crippen LogP contribution in [0.4, 0.5) is 20.2 Å². The lowest BCUT2D eigenvalue weighted by molar-refractivity contribution is 0.0686. The fourth-order valence-corrected chi connectivity index (χ4v) is 5.00. The van der Waals surface area contributed by atoms with E-state index in [0.29, 0.717) is 17.1 Å². The number of carboxylic acid groups (broad SMARTS) is 2. The topological polar surface area (TPSA) is 231 Å². The number of aryl methyl sites for hydroxylation is 2. The average Bonchev–Trinajstić information content (AvgIpc) is 3.86. The van der Waals surface area contributed by atoms with Gasteiger partial charge in [-0.2, -0.15) is 5.10 Å². The van der Waals surface area contributed by atoms with E-state index >= 15 is 8.78 Å². The van der Waals surface area contributed by atoms with Gasteiger partial charge in [0.05, 0.1) is 34.4 Å². The fraction of sp³-hybridized carbons (Fsp3) is 0.0909. The van der Waals surface area contributed by atoms with Crippen LogP contribution in [0.15, 0.2) is 79.6 Å². The Bertz CT molecular complexity index is 2090. The first-order chi connectivity index (χ1) is 24.6. The summed E-state index contributed by atoms with van der Waals surface area (Å²) in [5, 5.41) is 46.3. The Morgan fingerprint density at radius 2 is 1.35 bits per heavy atom. The zero-order valence-electron chi connectivity index (χ0n) is 26.0. The smallest absolute Gasteiger partial charge is 0.337 e. The van der Waals surface area contributed by atoms with Crippen LogP contribution >= 0.6 is 0 Å². The van der Waals surface area contributed by atoms with Gasteiger partial charge in [-0.05, 0) is 78.9 Å². The summed E-state index contributed by atoms with van der Waals surface area (Å²) in [6, 6.07) is 9.64. The van der Waals surface area contributed by atoms with Gasteiger partial charge in [-0.3, -0.25) is 19.3 Å². The van der Waals surface area contributed by atoms with Crippen molar-refractivity contribution in [2.24, 2.45) is 0 Å². The van der Waals surface area contributed by atoms with Crippen molar-refractivity contribution < 1.29 is 38.2 Å². The van der Waals surface area contributed by atoms with E-state index in [1.54, 1.807) is 17.0 Å². The number of imidazole rings is 1. The van der Waals surface area contributed by atoms with Crippen molar-refractivity contribution in [2.75, 3.05) is 10.6 Å². The van der Waals surface area contributed by atoms with Crippen LogP contribution in [0.5, 0.6) is 0 Å². The first-order valence-corrected chi connectivity index (χ1v) is 15.0. The minimum absolute atomic E-state index is 0.0189. The molecule has 0 spiro atoms. The molecule has 16 nitrogen and oxygen atoms in total. The molecule has 51 heavy (non-hydrogen) atoms. The van der Waals surface area contributed by atoms with Crippen LogP contribution in [0.2, 0.25) is 0 Å². The molecule has 6 rings (SSSR count). The number of anilines is 2. The summed E-state index contributed by atoms with van der Waals surface area (Å²) >= 11 is 0.